The van der Waals surface area contributed by atoms with E-state index in [1.165, 1.54) is 6.07 Å². The minimum Gasteiger partial charge on any atom is -0.303 e. The maximum atomic E-state index is 12.5. The number of aryl methyl sites for hydroxylation is 1. The highest BCUT2D eigenvalue weighted by atomic mass is 19.4. The van der Waals surface area contributed by atoms with Crippen LogP contribution in [-0.4, -0.2) is 15.0 Å². The lowest BCUT2D eigenvalue weighted by Gasteiger charge is -2.24. The van der Waals surface area contributed by atoms with Crippen LogP contribution in [0.1, 0.15) is 41.5 Å². The summed E-state index contributed by atoms with van der Waals surface area (Å²) in [5.41, 5.74) is 1.77. The monoisotopic (exact) mass is 308 g/mol. The highest BCUT2D eigenvalue weighted by molar-refractivity contribution is 5.20. The summed E-state index contributed by atoms with van der Waals surface area (Å²) in [4.78, 5) is 12.6. The van der Waals surface area contributed by atoms with Gasteiger partial charge in [0, 0.05) is 25.1 Å². The van der Waals surface area contributed by atoms with Crippen LogP contribution in [-0.2, 0) is 19.1 Å². The number of pyridine rings is 1. The molecule has 1 atom stereocenters. The number of hydrogen-bond acceptors (Lipinski definition) is 4. The van der Waals surface area contributed by atoms with Crippen molar-refractivity contribution in [2.45, 2.75) is 38.0 Å². The standard InChI is InChI=1S/C15H15F3N4/c16-15(17,18)10-4-5-11(21-8-10)9-22-13-3-1-2-12-14(13)20-7-6-19-12/h4-8,13,22H,1-3,9H2/t13-/m0/s1. The van der Waals surface area contributed by atoms with Crippen molar-refractivity contribution in [2.75, 3.05) is 0 Å². The average molecular weight is 308 g/mol. The second kappa shape index (κ2) is 6.00. The number of alkyl halides is 3. The molecule has 0 saturated heterocycles. The lowest BCUT2D eigenvalue weighted by molar-refractivity contribution is -0.137. The summed E-state index contributed by atoms with van der Waals surface area (Å²) < 4.78 is 37.5. The Morgan fingerprint density at radius 1 is 1.14 bits per heavy atom. The molecule has 22 heavy (non-hydrogen) atoms. The molecular formula is C15H15F3N4. The first-order valence-electron chi connectivity index (χ1n) is 7.09. The zero-order chi connectivity index (χ0) is 15.6. The van der Waals surface area contributed by atoms with Crippen molar-refractivity contribution < 1.29 is 13.2 Å². The summed E-state index contributed by atoms with van der Waals surface area (Å²) in [6, 6.07) is 2.52. The third-order valence-corrected chi connectivity index (χ3v) is 3.72. The number of hydrogen-bond donors (Lipinski definition) is 1. The Hall–Kier alpha value is -2.02. The van der Waals surface area contributed by atoms with Crippen LogP contribution in [0.4, 0.5) is 13.2 Å². The minimum atomic E-state index is -4.35. The van der Waals surface area contributed by atoms with E-state index in [0.29, 0.717) is 12.2 Å². The van der Waals surface area contributed by atoms with Crippen molar-refractivity contribution in [2.24, 2.45) is 0 Å². The molecule has 7 heteroatoms. The van der Waals surface area contributed by atoms with Crippen molar-refractivity contribution in [3.63, 3.8) is 0 Å². The summed E-state index contributed by atoms with van der Waals surface area (Å²) in [5.74, 6) is 0. The number of aromatic nitrogens is 3. The fourth-order valence-electron chi connectivity index (χ4n) is 2.59. The Bertz CT molecular complexity index is 640. The highest BCUT2D eigenvalue weighted by Crippen LogP contribution is 2.29. The van der Waals surface area contributed by atoms with Crippen molar-refractivity contribution in [1.29, 1.82) is 0 Å². The van der Waals surface area contributed by atoms with Gasteiger partial charge >= 0.3 is 6.18 Å². The SMILES string of the molecule is FC(F)(F)c1ccc(CN[C@H]2CCCc3nccnc32)nc1. The zero-order valence-corrected chi connectivity index (χ0v) is 11.8. The van der Waals surface area contributed by atoms with Crippen molar-refractivity contribution in [1.82, 2.24) is 20.3 Å². The Morgan fingerprint density at radius 2 is 1.95 bits per heavy atom. The van der Waals surface area contributed by atoms with Crippen LogP contribution in [0.3, 0.4) is 0 Å². The van der Waals surface area contributed by atoms with Gasteiger partial charge in [0.1, 0.15) is 0 Å². The van der Waals surface area contributed by atoms with Crippen LogP contribution < -0.4 is 5.32 Å². The summed E-state index contributed by atoms with van der Waals surface area (Å²) in [5, 5.41) is 3.31. The molecule has 2 aromatic rings. The molecule has 0 aliphatic heterocycles. The quantitative estimate of drug-likeness (QED) is 0.947. The lowest BCUT2D eigenvalue weighted by Crippen LogP contribution is -2.26. The number of rotatable bonds is 3. The molecule has 2 heterocycles. The van der Waals surface area contributed by atoms with Crippen LogP contribution in [0.15, 0.2) is 30.7 Å². The number of halogens is 3. The number of nitrogens with one attached hydrogen (secondary N) is 1. The summed E-state index contributed by atoms with van der Waals surface area (Å²) in [7, 11) is 0. The first-order chi connectivity index (χ1) is 10.5. The normalized spacial score (nSPS) is 18.0. The van der Waals surface area contributed by atoms with E-state index >= 15 is 0 Å². The summed E-state index contributed by atoms with van der Waals surface area (Å²) >= 11 is 0. The molecule has 0 aromatic carbocycles. The van der Waals surface area contributed by atoms with Gasteiger partial charge in [-0.05, 0) is 31.4 Å². The average Bonchev–Trinajstić information content (AvgIpc) is 2.52. The van der Waals surface area contributed by atoms with E-state index in [1.54, 1.807) is 12.4 Å². The lowest BCUT2D eigenvalue weighted by atomic mass is 9.95. The molecule has 2 aromatic heterocycles. The molecule has 0 bridgehead atoms. The van der Waals surface area contributed by atoms with Gasteiger partial charge < -0.3 is 5.32 Å². The van der Waals surface area contributed by atoms with Gasteiger partial charge in [0.25, 0.3) is 0 Å². The van der Waals surface area contributed by atoms with Crippen molar-refractivity contribution in [3.8, 4) is 0 Å². The largest absolute Gasteiger partial charge is 0.417 e. The number of fused-ring (bicyclic) bond motifs is 1. The maximum Gasteiger partial charge on any atom is 0.417 e. The van der Waals surface area contributed by atoms with Gasteiger partial charge in [-0.3, -0.25) is 15.0 Å². The fraction of sp³-hybridized carbons (Fsp3) is 0.400. The number of nitrogens with zero attached hydrogens (tertiary/aromatic N) is 3. The smallest absolute Gasteiger partial charge is 0.303 e. The molecule has 0 unspecified atom stereocenters. The van der Waals surface area contributed by atoms with Crippen LogP contribution in [0.25, 0.3) is 0 Å². The van der Waals surface area contributed by atoms with Crippen LogP contribution in [0.2, 0.25) is 0 Å². The minimum absolute atomic E-state index is 0.0709. The van der Waals surface area contributed by atoms with E-state index in [-0.39, 0.29) is 6.04 Å². The molecule has 0 saturated carbocycles. The van der Waals surface area contributed by atoms with E-state index in [2.05, 4.69) is 20.3 Å². The fourth-order valence-corrected chi connectivity index (χ4v) is 2.59. The first kappa shape index (κ1) is 14.9. The van der Waals surface area contributed by atoms with Crippen LogP contribution >= 0.6 is 0 Å². The Balaban J connectivity index is 1.66. The zero-order valence-electron chi connectivity index (χ0n) is 11.8. The van der Waals surface area contributed by atoms with Crippen molar-refractivity contribution in [3.05, 3.63) is 53.4 Å². The van der Waals surface area contributed by atoms with E-state index in [9.17, 15) is 13.2 Å². The summed E-state index contributed by atoms with van der Waals surface area (Å²) in [6.45, 7) is 0.402. The molecule has 0 fully saturated rings. The Kier molecular flexibility index (Phi) is 4.06. The predicted molar refractivity (Wildman–Crippen MR) is 73.8 cm³/mol. The second-order valence-electron chi connectivity index (χ2n) is 5.25. The van der Waals surface area contributed by atoms with Crippen molar-refractivity contribution >= 4 is 0 Å². The Morgan fingerprint density at radius 3 is 2.68 bits per heavy atom. The van der Waals surface area contributed by atoms with Gasteiger partial charge in [-0.25, -0.2) is 0 Å². The Labute approximate surface area is 125 Å². The van der Waals surface area contributed by atoms with Crippen LogP contribution in [0, 0.1) is 0 Å². The molecule has 0 spiro atoms. The predicted octanol–water partition coefficient (Wildman–Crippen LogP) is 3.06. The van der Waals surface area contributed by atoms with E-state index < -0.39 is 11.7 Å². The molecule has 1 aliphatic rings. The third-order valence-electron chi connectivity index (χ3n) is 3.72. The molecule has 3 rings (SSSR count). The highest BCUT2D eigenvalue weighted by Gasteiger charge is 2.30. The molecule has 0 radical (unpaired) electrons. The molecule has 4 nitrogen and oxygen atoms in total. The topological polar surface area (TPSA) is 50.7 Å². The van der Waals surface area contributed by atoms with Gasteiger partial charge in [-0.15, -0.1) is 0 Å². The first-order valence-corrected chi connectivity index (χ1v) is 7.09. The molecule has 1 aliphatic carbocycles. The maximum absolute atomic E-state index is 12.5. The van der Waals surface area contributed by atoms with E-state index in [0.717, 1.165) is 42.9 Å². The summed E-state index contributed by atoms with van der Waals surface area (Å²) in [6.07, 6.45) is 2.73. The molecule has 0 amide bonds. The van der Waals surface area contributed by atoms with E-state index in [4.69, 9.17) is 0 Å². The molecule has 1 N–H and O–H groups in total. The van der Waals surface area contributed by atoms with Gasteiger partial charge in [-0.2, -0.15) is 13.2 Å². The van der Waals surface area contributed by atoms with Gasteiger partial charge in [0.2, 0.25) is 0 Å². The molecule has 116 valence electrons. The third kappa shape index (κ3) is 3.24. The van der Waals surface area contributed by atoms with Crippen LogP contribution in [0.5, 0.6) is 0 Å². The molecular weight excluding hydrogens is 293 g/mol. The van der Waals surface area contributed by atoms with E-state index in [1.807, 2.05) is 0 Å². The second-order valence-corrected chi connectivity index (χ2v) is 5.25. The van der Waals surface area contributed by atoms with Gasteiger partial charge in [-0.1, -0.05) is 0 Å². The van der Waals surface area contributed by atoms with Gasteiger partial charge in [0.05, 0.1) is 28.7 Å². The van der Waals surface area contributed by atoms with Gasteiger partial charge in [0.15, 0.2) is 0 Å².